The molecule has 3 rings (SSSR count). The number of nitrogens with one attached hydrogen (secondary N) is 2. The first-order valence-electron chi connectivity index (χ1n) is 9.75. The zero-order valence-electron chi connectivity index (χ0n) is 18.2. The molecule has 0 fully saturated rings. The fourth-order valence-electron chi connectivity index (χ4n) is 2.95. The monoisotopic (exact) mass is 490 g/mol. The second-order valence-electron chi connectivity index (χ2n) is 6.95. The van der Waals surface area contributed by atoms with E-state index in [9.17, 15) is 13.2 Å². The van der Waals surface area contributed by atoms with Gasteiger partial charge in [-0.25, -0.2) is 8.42 Å². The molecule has 0 atom stereocenters. The van der Waals surface area contributed by atoms with E-state index in [0.717, 1.165) is 5.56 Å². The molecule has 0 aliphatic carbocycles. The Morgan fingerprint density at radius 2 is 1.58 bits per heavy atom. The molecular formula is C23H23ClN2O6S. The van der Waals surface area contributed by atoms with Crippen molar-refractivity contribution in [2.45, 2.75) is 11.8 Å². The van der Waals surface area contributed by atoms with E-state index < -0.39 is 15.9 Å². The van der Waals surface area contributed by atoms with Crippen LogP contribution in [0, 0.1) is 6.92 Å². The minimum atomic E-state index is -4.01. The van der Waals surface area contributed by atoms with Gasteiger partial charge in [-0.3, -0.25) is 9.52 Å². The van der Waals surface area contributed by atoms with Crippen LogP contribution in [0.5, 0.6) is 17.2 Å². The fourth-order valence-corrected chi connectivity index (χ4v) is 4.43. The minimum absolute atomic E-state index is 0.127. The van der Waals surface area contributed by atoms with E-state index in [1.54, 1.807) is 42.5 Å². The lowest BCUT2D eigenvalue weighted by molar-refractivity contribution is -0.118. The molecule has 0 radical (unpaired) electrons. The highest BCUT2D eigenvalue weighted by molar-refractivity contribution is 7.92. The Morgan fingerprint density at radius 1 is 0.909 bits per heavy atom. The number of aryl methyl sites for hydroxylation is 1. The van der Waals surface area contributed by atoms with E-state index in [1.807, 2.05) is 6.92 Å². The van der Waals surface area contributed by atoms with Crippen molar-refractivity contribution in [3.63, 3.8) is 0 Å². The summed E-state index contributed by atoms with van der Waals surface area (Å²) in [6.45, 7) is 1.55. The zero-order chi connectivity index (χ0) is 24.0. The van der Waals surface area contributed by atoms with Crippen LogP contribution < -0.4 is 24.2 Å². The first kappa shape index (κ1) is 24.2. The largest absolute Gasteiger partial charge is 0.497 e. The minimum Gasteiger partial charge on any atom is -0.497 e. The summed E-state index contributed by atoms with van der Waals surface area (Å²) in [4.78, 5) is 12.2. The number of halogens is 1. The molecule has 0 unspecified atom stereocenters. The highest BCUT2D eigenvalue weighted by Gasteiger charge is 2.21. The number of carbonyl (C=O) groups excluding carboxylic acids is 1. The number of sulfonamides is 1. The Morgan fingerprint density at radius 3 is 2.21 bits per heavy atom. The second kappa shape index (κ2) is 10.5. The number of anilines is 2. The fraction of sp³-hybridized carbons (Fsp3) is 0.174. The van der Waals surface area contributed by atoms with Gasteiger partial charge in [0.2, 0.25) is 0 Å². The normalized spacial score (nSPS) is 10.9. The molecule has 0 saturated carbocycles. The number of benzene rings is 3. The molecular weight excluding hydrogens is 468 g/mol. The van der Waals surface area contributed by atoms with Crippen LogP contribution in [0.3, 0.4) is 0 Å². The Hall–Kier alpha value is -3.43. The topological polar surface area (TPSA) is 103 Å². The van der Waals surface area contributed by atoms with E-state index in [-0.39, 0.29) is 22.9 Å². The summed E-state index contributed by atoms with van der Waals surface area (Å²) in [6.07, 6.45) is 0. The van der Waals surface area contributed by atoms with Gasteiger partial charge in [-0.15, -0.1) is 0 Å². The quantitative estimate of drug-likeness (QED) is 0.458. The molecule has 2 N–H and O–H groups in total. The second-order valence-corrected chi connectivity index (χ2v) is 9.03. The summed E-state index contributed by atoms with van der Waals surface area (Å²) in [7, 11) is -1.13. The maximum absolute atomic E-state index is 13.0. The van der Waals surface area contributed by atoms with Crippen molar-refractivity contribution in [1.29, 1.82) is 0 Å². The van der Waals surface area contributed by atoms with Crippen LogP contribution in [0.15, 0.2) is 65.6 Å². The number of hydrogen-bond donors (Lipinski definition) is 2. The van der Waals surface area contributed by atoms with Crippen LogP contribution in [0.4, 0.5) is 11.4 Å². The smallest absolute Gasteiger partial charge is 0.265 e. The van der Waals surface area contributed by atoms with E-state index in [0.29, 0.717) is 22.2 Å². The average Bonchev–Trinajstić information content (AvgIpc) is 2.78. The number of methoxy groups -OCH3 is 2. The Bertz CT molecular complexity index is 1250. The van der Waals surface area contributed by atoms with Gasteiger partial charge < -0.3 is 19.5 Å². The number of ether oxygens (including phenoxy) is 3. The van der Waals surface area contributed by atoms with Gasteiger partial charge in [0, 0.05) is 16.4 Å². The Labute approximate surface area is 197 Å². The van der Waals surface area contributed by atoms with Crippen molar-refractivity contribution in [3.05, 3.63) is 71.2 Å². The number of carbonyl (C=O) groups is 1. The van der Waals surface area contributed by atoms with E-state index in [1.165, 1.54) is 32.4 Å². The molecule has 0 aliphatic heterocycles. The van der Waals surface area contributed by atoms with Gasteiger partial charge in [0.1, 0.15) is 22.1 Å². The summed E-state index contributed by atoms with van der Waals surface area (Å²) in [5, 5.41) is 3.20. The zero-order valence-corrected chi connectivity index (χ0v) is 19.8. The van der Waals surface area contributed by atoms with Crippen molar-refractivity contribution >= 4 is 38.9 Å². The molecule has 0 saturated heterocycles. The van der Waals surface area contributed by atoms with Crippen LogP contribution in [0.1, 0.15) is 5.56 Å². The number of amides is 1. The number of hydrogen-bond acceptors (Lipinski definition) is 6. The van der Waals surface area contributed by atoms with E-state index >= 15 is 0 Å². The predicted molar refractivity (Wildman–Crippen MR) is 127 cm³/mol. The Kier molecular flexibility index (Phi) is 7.67. The molecule has 0 spiro atoms. The molecule has 174 valence electrons. The van der Waals surface area contributed by atoms with E-state index in [4.69, 9.17) is 25.8 Å². The maximum atomic E-state index is 13.0. The van der Waals surface area contributed by atoms with Crippen LogP contribution >= 0.6 is 11.6 Å². The van der Waals surface area contributed by atoms with Gasteiger partial charge in [0.15, 0.2) is 6.61 Å². The predicted octanol–water partition coefficient (Wildman–Crippen LogP) is 4.48. The molecule has 33 heavy (non-hydrogen) atoms. The van der Waals surface area contributed by atoms with E-state index in [2.05, 4.69) is 10.0 Å². The van der Waals surface area contributed by atoms with Crippen LogP contribution in [0.25, 0.3) is 0 Å². The molecule has 3 aromatic rings. The average molecular weight is 491 g/mol. The summed E-state index contributed by atoms with van der Waals surface area (Å²) in [5.74, 6) is 0.788. The third kappa shape index (κ3) is 6.30. The first-order valence-corrected chi connectivity index (χ1v) is 11.6. The lowest BCUT2D eigenvalue weighted by Crippen LogP contribution is -2.21. The summed E-state index contributed by atoms with van der Waals surface area (Å²) >= 11 is 5.92. The van der Waals surface area contributed by atoms with Gasteiger partial charge in [-0.05, 0) is 73.2 Å². The maximum Gasteiger partial charge on any atom is 0.265 e. The van der Waals surface area contributed by atoms with Crippen molar-refractivity contribution in [3.8, 4) is 17.2 Å². The van der Waals surface area contributed by atoms with Crippen LogP contribution in [-0.4, -0.2) is 35.2 Å². The van der Waals surface area contributed by atoms with Crippen molar-refractivity contribution in [2.75, 3.05) is 30.9 Å². The molecule has 0 aromatic heterocycles. The number of rotatable bonds is 9. The van der Waals surface area contributed by atoms with Gasteiger partial charge >= 0.3 is 0 Å². The van der Waals surface area contributed by atoms with Crippen molar-refractivity contribution in [2.24, 2.45) is 0 Å². The third-order valence-corrected chi connectivity index (χ3v) is 6.21. The van der Waals surface area contributed by atoms with Gasteiger partial charge in [-0.2, -0.15) is 0 Å². The van der Waals surface area contributed by atoms with Crippen molar-refractivity contribution in [1.82, 2.24) is 0 Å². The summed E-state index contributed by atoms with van der Waals surface area (Å²) in [6, 6.07) is 15.8. The molecule has 10 heteroatoms. The van der Waals surface area contributed by atoms with Crippen molar-refractivity contribution < 1.29 is 27.4 Å². The highest BCUT2D eigenvalue weighted by Crippen LogP contribution is 2.29. The Balaban J connectivity index is 1.74. The summed E-state index contributed by atoms with van der Waals surface area (Å²) in [5.41, 5.74) is 1.41. The lowest BCUT2D eigenvalue weighted by atomic mass is 10.2. The highest BCUT2D eigenvalue weighted by atomic mass is 35.5. The van der Waals surface area contributed by atoms with Crippen LogP contribution in [0.2, 0.25) is 5.02 Å². The molecule has 0 heterocycles. The first-order chi connectivity index (χ1) is 15.7. The molecule has 1 amide bonds. The molecule has 3 aromatic carbocycles. The third-order valence-electron chi connectivity index (χ3n) is 4.57. The van der Waals surface area contributed by atoms with Crippen LogP contribution in [-0.2, 0) is 14.8 Å². The molecule has 8 nitrogen and oxygen atoms in total. The molecule has 0 aliphatic rings. The standard InChI is InChI=1S/C23H23ClN2O6S/c1-15-12-16(24)4-10-20(15)32-14-23(27)25-18-7-11-21(31-3)22(13-18)33(28,29)26-17-5-8-19(30-2)9-6-17/h4-13,26H,14H2,1-3H3,(H,25,27). The SMILES string of the molecule is COc1ccc(NS(=O)(=O)c2cc(NC(=O)COc3ccc(Cl)cc3C)ccc2OC)cc1. The van der Waals surface area contributed by atoms with Gasteiger partial charge in [0.25, 0.3) is 15.9 Å². The summed E-state index contributed by atoms with van der Waals surface area (Å²) < 4.78 is 44.3. The lowest BCUT2D eigenvalue weighted by Gasteiger charge is -2.14. The van der Waals surface area contributed by atoms with Gasteiger partial charge in [-0.1, -0.05) is 11.6 Å². The van der Waals surface area contributed by atoms with Gasteiger partial charge in [0.05, 0.1) is 14.2 Å². The molecule has 0 bridgehead atoms.